The highest BCUT2D eigenvalue weighted by Crippen LogP contribution is 2.33. The summed E-state index contributed by atoms with van der Waals surface area (Å²) in [5, 5.41) is 22.5. The lowest BCUT2D eigenvalue weighted by molar-refractivity contribution is -0.136. The first-order valence-electron chi connectivity index (χ1n) is 20.2. The van der Waals surface area contributed by atoms with E-state index in [9.17, 15) is 46.7 Å². The molecule has 0 aliphatic carbocycles. The molecule has 6 aromatic rings. The lowest BCUT2D eigenvalue weighted by Gasteiger charge is -2.27. The van der Waals surface area contributed by atoms with Crippen LogP contribution in [0.15, 0.2) is 83.9 Å². The molecule has 8 rings (SSSR count). The predicted octanol–water partition coefficient (Wildman–Crippen LogP) is 3.91. The Morgan fingerprint density at radius 3 is 2.52 bits per heavy atom. The molecule has 0 saturated carbocycles. The number of aryl methyl sites for hydroxylation is 1. The summed E-state index contributed by atoms with van der Waals surface area (Å²) in [4.78, 5) is 97.8. The Labute approximate surface area is 369 Å². The molecule has 1 fully saturated rings. The number of hydrogen-bond acceptors (Lipinski definition) is 15. The van der Waals surface area contributed by atoms with Crippen LogP contribution in [0.4, 0.5) is 30.4 Å². The molecule has 6 N–H and O–H groups in total. The number of carbonyl (C=O) groups excluding carboxylic acids is 7. The SMILES string of the molecule is NC(=O)c1nn(-c2ccc(C(=O)CCCCn3cc(CNc4cccc5c4C(=O)N(C4CCC(=O)NC4=O)C5=O)nn3)cc2)cc1NC(=O)c1coc(-c2ccnc(NCC(F)(F)F)c2)n1. The number of anilines is 3. The van der Waals surface area contributed by atoms with E-state index in [1.807, 2.05) is 0 Å². The van der Waals surface area contributed by atoms with Crippen molar-refractivity contribution < 1.29 is 51.2 Å². The Morgan fingerprint density at radius 1 is 0.955 bits per heavy atom. The van der Waals surface area contributed by atoms with Crippen molar-refractivity contribution in [2.75, 3.05) is 22.5 Å². The molecule has 24 heteroatoms. The molecule has 2 aliphatic rings. The summed E-state index contributed by atoms with van der Waals surface area (Å²) in [6.07, 6.45) is 2.28. The number of Topliss-reactive ketones (excluding diaryl/α,β-unsaturated/α-hetero) is 1. The van der Waals surface area contributed by atoms with Crippen molar-refractivity contribution in [1.82, 2.24) is 45.0 Å². The van der Waals surface area contributed by atoms with Crippen molar-refractivity contribution in [2.45, 2.75) is 57.4 Å². The van der Waals surface area contributed by atoms with Gasteiger partial charge in [-0.05, 0) is 67.8 Å². The smallest absolute Gasteiger partial charge is 0.405 e. The maximum absolute atomic E-state index is 13.4. The zero-order valence-corrected chi connectivity index (χ0v) is 34.3. The molecular weight excluding hydrogens is 872 g/mol. The number of hydrogen-bond donors (Lipinski definition) is 5. The summed E-state index contributed by atoms with van der Waals surface area (Å²) < 4.78 is 46.2. The highest BCUT2D eigenvalue weighted by molar-refractivity contribution is 6.25. The maximum atomic E-state index is 13.4. The molecular formula is C42H36F3N13O8. The monoisotopic (exact) mass is 907 g/mol. The van der Waals surface area contributed by atoms with Gasteiger partial charge < -0.3 is 26.1 Å². The molecule has 1 saturated heterocycles. The number of primary amides is 1. The number of alkyl halides is 3. The number of benzene rings is 2. The van der Waals surface area contributed by atoms with E-state index in [-0.39, 0.29) is 77.1 Å². The van der Waals surface area contributed by atoms with Gasteiger partial charge in [-0.2, -0.15) is 18.3 Å². The molecule has 0 radical (unpaired) electrons. The van der Waals surface area contributed by atoms with E-state index in [1.165, 1.54) is 35.3 Å². The number of carbonyl (C=O) groups is 7. The molecule has 0 spiro atoms. The minimum Gasteiger partial charge on any atom is -0.444 e. The number of pyridine rings is 1. The van der Waals surface area contributed by atoms with Crippen molar-refractivity contribution >= 4 is 58.4 Å². The standard InChI is InChI=1S/C42H36F3N13O8/c43-42(44,45)21-49-32-16-23(13-14-47-32)39-51-29(20-66-39)37(62)50-28-19-57(54-35(28)36(46)61)25-9-7-22(8-10-25)31(59)6-1-2-15-56-18-24(53-55-56)17-48-27-5-3-4-26-34(27)41(65)58(40(26)64)30-11-12-33(60)52-38(30)63/h3-5,7-10,13-14,16,18-20,30,48H,1-2,6,11-12,15,17,21H2,(H2,46,61)(H,47,49)(H,50,62)(H,52,60,63). The van der Waals surface area contributed by atoms with Gasteiger partial charge in [0.2, 0.25) is 17.7 Å². The van der Waals surface area contributed by atoms with Crippen molar-refractivity contribution in [3.8, 4) is 17.1 Å². The molecule has 2 aliphatic heterocycles. The Balaban J connectivity index is 0.812. The number of unbranched alkanes of at least 4 members (excludes halogenated alkanes) is 1. The molecule has 1 atom stereocenters. The van der Waals surface area contributed by atoms with Gasteiger partial charge in [0.05, 0.1) is 41.4 Å². The third kappa shape index (κ3) is 9.65. The maximum Gasteiger partial charge on any atom is 0.405 e. The second-order valence-electron chi connectivity index (χ2n) is 15.0. The van der Waals surface area contributed by atoms with E-state index >= 15 is 0 Å². The number of nitrogens with one attached hydrogen (secondary N) is 4. The van der Waals surface area contributed by atoms with Gasteiger partial charge in [0.25, 0.3) is 23.6 Å². The average molecular weight is 908 g/mol. The van der Waals surface area contributed by atoms with Gasteiger partial charge in [0.15, 0.2) is 17.2 Å². The highest BCUT2D eigenvalue weighted by atomic mass is 19.4. The lowest BCUT2D eigenvalue weighted by Crippen LogP contribution is -2.54. The number of piperidine rings is 1. The fourth-order valence-corrected chi connectivity index (χ4v) is 7.21. The van der Waals surface area contributed by atoms with Gasteiger partial charge in [-0.25, -0.2) is 14.6 Å². The highest BCUT2D eigenvalue weighted by Gasteiger charge is 2.45. The van der Waals surface area contributed by atoms with E-state index in [0.717, 1.165) is 11.2 Å². The van der Waals surface area contributed by atoms with E-state index in [2.05, 4.69) is 46.6 Å². The molecule has 0 bridgehead atoms. The van der Waals surface area contributed by atoms with Crippen LogP contribution in [0.1, 0.15) is 89.8 Å². The van der Waals surface area contributed by atoms with E-state index in [4.69, 9.17) is 10.2 Å². The first-order chi connectivity index (χ1) is 31.6. The molecule has 2 aromatic carbocycles. The first kappa shape index (κ1) is 44.1. The van der Waals surface area contributed by atoms with Gasteiger partial charge in [-0.1, -0.05) is 11.3 Å². The van der Waals surface area contributed by atoms with Gasteiger partial charge in [0.1, 0.15) is 30.4 Å². The summed E-state index contributed by atoms with van der Waals surface area (Å²) in [6.45, 7) is -0.678. The number of imide groups is 2. The number of nitrogens with zero attached hydrogens (tertiary/aromatic N) is 8. The normalized spacial score (nSPS) is 14.8. The summed E-state index contributed by atoms with van der Waals surface area (Å²) in [5.74, 6) is -4.43. The molecule has 338 valence electrons. The number of oxazole rings is 1. The van der Waals surface area contributed by atoms with Crippen LogP contribution in [-0.2, 0) is 22.7 Å². The molecule has 6 heterocycles. The molecule has 1 unspecified atom stereocenters. The fourth-order valence-electron chi connectivity index (χ4n) is 7.21. The topological polar surface area (TPSA) is 284 Å². The van der Waals surface area contributed by atoms with Crippen molar-refractivity contribution in [1.29, 1.82) is 0 Å². The molecule has 6 amide bonds. The summed E-state index contributed by atoms with van der Waals surface area (Å²) in [7, 11) is 0. The average Bonchev–Trinajstić information content (AvgIpc) is 4.11. The van der Waals surface area contributed by atoms with Crippen molar-refractivity contribution in [2.24, 2.45) is 5.73 Å². The summed E-state index contributed by atoms with van der Waals surface area (Å²) in [5.41, 5.74) is 7.31. The second-order valence-corrected chi connectivity index (χ2v) is 15.0. The number of ketones is 1. The van der Waals surface area contributed by atoms with E-state index in [0.29, 0.717) is 42.0 Å². The lowest BCUT2D eigenvalue weighted by atomic mass is 10.0. The number of halogens is 3. The third-order valence-corrected chi connectivity index (χ3v) is 10.4. The Kier molecular flexibility index (Phi) is 12.2. The Bertz CT molecular complexity index is 2910. The van der Waals surface area contributed by atoms with Gasteiger partial charge in [0, 0.05) is 42.4 Å². The van der Waals surface area contributed by atoms with E-state index < -0.39 is 54.2 Å². The molecule has 4 aromatic heterocycles. The van der Waals surface area contributed by atoms with Gasteiger partial charge in [-0.15, -0.1) is 5.10 Å². The number of rotatable bonds is 17. The van der Waals surface area contributed by atoms with Crippen LogP contribution in [-0.4, -0.2) is 99.6 Å². The Morgan fingerprint density at radius 2 is 1.76 bits per heavy atom. The van der Waals surface area contributed by atoms with Crippen LogP contribution in [0, 0.1) is 0 Å². The quantitative estimate of drug-likeness (QED) is 0.0493. The predicted molar refractivity (Wildman–Crippen MR) is 223 cm³/mol. The zero-order valence-electron chi connectivity index (χ0n) is 34.3. The molecule has 66 heavy (non-hydrogen) atoms. The first-order valence-corrected chi connectivity index (χ1v) is 20.2. The van der Waals surface area contributed by atoms with Crippen LogP contribution in [0.5, 0.6) is 0 Å². The molecule has 21 nitrogen and oxygen atoms in total. The van der Waals surface area contributed by atoms with Crippen LogP contribution in [0.25, 0.3) is 17.1 Å². The minimum atomic E-state index is -4.47. The van der Waals surface area contributed by atoms with Crippen molar-refractivity contribution in [3.05, 3.63) is 113 Å². The number of nitrogens with two attached hydrogens (primary N) is 1. The van der Waals surface area contributed by atoms with Crippen LogP contribution in [0.3, 0.4) is 0 Å². The number of aromatic nitrogens is 7. The van der Waals surface area contributed by atoms with Crippen LogP contribution >= 0.6 is 0 Å². The van der Waals surface area contributed by atoms with E-state index in [1.54, 1.807) is 47.3 Å². The largest absolute Gasteiger partial charge is 0.444 e. The fraction of sp³-hybridized carbons (Fsp3) is 0.238. The van der Waals surface area contributed by atoms with Crippen LogP contribution < -0.4 is 27.0 Å². The van der Waals surface area contributed by atoms with Crippen molar-refractivity contribution in [3.63, 3.8) is 0 Å². The zero-order chi connectivity index (χ0) is 46.7. The summed E-state index contributed by atoms with van der Waals surface area (Å²) >= 11 is 0. The number of amides is 6. The van der Waals surface area contributed by atoms with Gasteiger partial charge in [-0.3, -0.25) is 48.5 Å². The summed E-state index contributed by atoms with van der Waals surface area (Å²) in [6, 6.07) is 12.8. The second kappa shape index (κ2) is 18.3. The third-order valence-electron chi connectivity index (χ3n) is 10.4. The van der Waals surface area contributed by atoms with Gasteiger partial charge >= 0.3 is 6.18 Å². The number of fused-ring (bicyclic) bond motifs is 1. The minimum absolute atomic E-state index is 0.0129. The Hall–Kier alpha value is -8.57. The van der Waals surface area contributed by atoms with Crippen LogP contribution in [0.2, 0.25) is 0 Å².